The molecule has 24 heavy (non-hydrogen) atoms. The van der Waals surface area contributed by atoms with Crippen LogP contribution in [-0.4, -0.2) is 10.2 Å². The molecule has 2 aromatic rings. The van der Waals surface area contributed by atoms with E-state index in [0.717, 1.165) is 41.2 Å². The predicted octanol–water partition coefficient (Wildman–Crippen LogP) is 6.11. The topological polar surface area (TPSA) is 40.5 Å². The summed E-state index contributed by atoms with van der Waals surface area (Å²) < 4.78 is 0. The van der Waals surface area contributed by atoms with Crippen LogP contribution in [0.5, 0.6) is 11.5 Å². The van der Waals surface area contributed by atoms with Crippen molar-refractivity contribution in [3.8, 4) is 11.5 Å². The monoisotopic (exact) mass is 326 g/mol. The maximum atomic E-state index is 10.7. The van der Waals surface area contributed by atoms with Crippen LogP contribution in [0.2, 0.25) is 0 Å². The molecule has 0 aromatic heterocycles. The molecular formula is C22H30O2. The van der Waals surface area contributed by atoms with Crippen LogP contribution in [0, 0.1) is 5.92 Å². The van der Waals surface area contributed by atoms with E-state index in [0.29, 0.717) is 17.4 Å². The van der Waals surface area contributed by atoms with E-state index in [-0.39, 0.29) is 0 Å². The molecule has 1 unspecified atom stereocenters. The van der Waals surface area contributed by atoms with Crippen LogP contribution in [0.4, 0.5) is 0 Å². The van der Waals surface area contributed by atoms with Gasteiger partial charge in [-0.1, -0.05) is 76.1 Å². The Morgan fingerprint density at radius 1 is 0.875 bits per heavy atom. The highest BCUT2D eigenvalue weighted by Gasteiger charge is 2.25. The van der Waals surface area contributed by atoms with E-state index in [2.05, 4.69) is 6.92 Å². The van der Waals surface area contributed by atoms with Crippen LogP contribution in [-0.2, 0) is 12.8 Å². The maximum absolute atomic E-state index is 10.7. The average molecular weight is 326 g/mol. The lowest BCUT2D eigenvalue weighted by molar-refractivity contribution is 0.381. The van der Waals surface area contributed by atoms with E-state index in [4.69, 9.17) is 0 Å². The molecule has 2 aromatic carbocycles. The zero-order valence-corrected chi connectivity index (χ0v) is 14.9. The fraction of sp³-hybridized carbons (Fsp3) is 0.545. The smallest absolute Gasteiger partial charge is 0.127 e. The summed E-state index contributed by atoms with van der Waals surface area (Å²) in [4.78, 5) is 0. The second-order valence-corrected chi connectivity index (χ2v) is 7.37. The fourth-order valence-corrected chi connectivity index (χ4v) is 4.20. The van der Waals surface area contributed by atoms with Gasteiger partial charge in [-0.2, -0.15) is 0 Å². The third-order valence-electron chi connectivity index (χ3n) is 5.63. The highest BCUT2D eigenvalue weighted by Crippen LogP contribution is 2.44. The molecule has 1 atom stereocenters. The Hall–Kier alpha value is -1.70. The van der Waals surface area contributed by atoms with E-state index in [1.54, 1.807) is 0 Å². The van der Waals surface area contributed by atoms with Crippen LogP contribution in [0.1, 0.15) is 69.4 Å². The molecule has 3 rings (SSSR count). The highest BCUT2D eigenvalue weighted by molar-refractivity contribution is 5.95. The first-order valence-electron chi connectivity index (χ1n) is 9.66. The lowest BCUT2D eigenvalue weighted by Gasteiger charge is -2.27. The van der Waals surface area contributed by atoms with Crippen molar-refractivity contribution in [2.24, 2.45) is 5.92 Å². The molecule has 130 valence electrons. The van der Waals surface area contributed by atoms with Gasteiger partial charge in [-0.05, 0) is 25.2 Å². The number of unbranched alkanes of at least 4 members (excludes halogenated alkanes) is 5. The number of rotatable bonds is 7. The summed E-state index contributed by atoms with van der Waals surface area (Å²) in [6.07, 6.45) is 12.2. The fourth-order valence-electron chi connectivity index (χ4n) is 4.20. The molecule has 0 amide bonds. The van der Waals surface area contributed by atoms with Gasteiger partial charge >= 0.3 is 0 Å². The van der Waals surface area contributed by atoms with Gasteiger partial charge in [-0.25, -0.2) is 0 Å². The summed E-state index contributed by atoms with van der Waals surface area (Å²) in [5.41, 5.74) is 1.97. The minimum atomic E-state index is 0.386. The molecule has 0 heterocycles. The number of phenolic OH excluding ortho intramolecular Hbond substituents is 2. The van der Waals surface area contributed by atoms with Crippen molar-refractivity contribution in [3.63, 3.8) is 0 Å². The molecule has 0 saturated carbocycles. The Kier molecular flexibility index (Phi) is 5.65. The molecular weight excluding hydrogens is 296 g/mol. The van der Waals surface area contributed by atoms with Gasteiger partial charge in [-0.3, -0.25) is 0 Å². The summed E-state index contributed by atoms with van der Waals surface area (Å²) >= 11 is 0. The van der Waals surface area contributed by atoms with Crippen molar-refractivity contribution in [3.05, 3.63) is 35.4 Å². The number of hydrogen-bond donors (Lipinski definition) is 2. The third kappa shape index (κ3) is 3.53. The quantitative estimate of drug-likeness (QED) is 0.476. The van der Waals surface area contributed by atoms with Crippen LogP contribution in [0.25, 0.3) is 10.8 Å². The third-order valence-corrected chi connectivity index (χ3v) is 5.63. The zero-order chi connectivity index (χ0) is 16.9. The van der Waals surface area contributed by atoms with Gasteiger partial charge in [-0.15, -0.1) is 0 Å². The van der Waals surface area contributed by atoms with Crippen molar-refractivity contribution in [2.75, 3.05) is 0 Å². The van der Waals surface area contributed by atoms with Crippen LogP contribution in [0.3, 0.4) is 0 Å². The second-order valence-electron chi connectivity index (χ2n) is 7.37. The number of aromatic hydroxyl groups is 2. The summed E-state index contributed by atoms with van der Waals surface area (Å²) in [6, 6.07) is 7.64. The summed E-state index contributed by atoms with van der Waals surface area (Å²) in [5.74, 6) is 1.43. The van der Waals surface area contributed by atoms with E-state index in [1.807, 2.05) is 24.3 Å². The van der Waals surface area contributed by atoms with Crippen molar-refractivity contribution < 1.29 is 10.2 Å². The van der Waals surface area contributed by atoms with Gasteiger partial charge in [0.2, 0.25) is 0 Å². The van der Waals surface area contributed by atoms with E-state index in [1.165, 1.54) is 44.9 Å². The molecule has 1 aliphatic carbocycles. The first-order chi connectivity index (χ1) is 11.7. The lowest BCUT2D eigenvalue weighted by atomic mass is 9.79. The summed E-state index contributed by atoms with van der Waals surface area (Å²) in [7, 11) is 0. The Bertz CT molecular complexity index is 690. The Balaban J connectivity index is 1.67. The molecule has 0 saturated heterocycles. The largest absolute Gasteiger partial charge is 0.507 e. The van der Waals surface area contributed by atoms with Crippen LogP contribution < -0.4 is 0 Å². The molecule has 0 bridgehead atoms. The number of benzene rings is 2. The first-order valence-corrected chi connectivity index (χ1v) is 9.66. The minimum Gasteiger partial charge on any atom is -0.507 e. The summed E-state index contributed by atoms with van der Waals surface area (Å²) in [5, 5.41) is 22.9. The summed E-state index contributed by atoms with van der Waals surface area (Å²) in [6.45, 7) is 2.26. The first kappa shape index (κ1) is 17.1. The molecule has 0 radical (unpaired) electrons. The minimum absolute atomic E-state index is 0.386. The van der Waals surface area contributed by atoms with Crippen LogP contribution >= 0.6 is 0 Å². The normalized spacial score (nSPS) is 17.1. The molecule has 2 nitrogen and oxygen atoms in total. The average Bonchev–Trinajstić information content (AvgIpc) is 2.62. The highest BCUT2D eigenvalue weighted by atomic mass is 16.3. The Morgan fingerprint density at radius 3 is 2.21 bits per heavy atom. The molecule has 2 heteroatoms. The zero-order valence-electron chi connectivity index (χ0n) is 14.9. The molecule has 0 spiro atoms. The predicted molar refractivity (Wildman–Crippen MR) is 101 cm³/mol. The number of hydrogen-bond acceptors (Lipinski definition) is 2. The molecule has 2 N–H and O–H groups in total. The standard InChI is InChI=1S/C22H30O2/c1-2-3-4-5-6-7-10-16-13-14-19-20(15-16)22(24)18-12-9-8-11-17(18)21(19)23/h8-9,11-12,16,23-24H,2-7,10,13-15H2,1H3. The Labute approximate surface area is 145 Å². The lowest BCUT2D eigenvalue weighted by Crippen LogP contribution is -2.15. The Morgan fingerprint density at radius 2 is 1.50 bits per heavy atom. The second kappa shape index (κ2) is 7.92. The maximum Gasteiger partial charge on any atom is 0.127 e. The van der Waals surface area contributed by atoms with E-state index < -0.39 is 0 Å². The van der Waals surface area contributed by atoms with Gasteiger partial charge in [0, 0.05) is 21.9 Å². The van der Waals surface area contributed by atoms with Crippen molar-refractivity contribution in [1.82, 2.24) is 0 Å². The number of phenols is 2. The van der Waals surface area contributed by atoms with Gasteiger partial charge in [0.1, 0.15) is 11.5 Å². The van der Waals surface area contributed by atoms with Gasteiger partial charge in [0.25, 0.3) is 0 Å². The van der Waals surface area contributed by atoms with Gasteiger partial charge in [0.05, 0.1) is 0 Å². The van der Waals surface area contributed by atoms with E-state index >= 15 is 0 Å². The molecule has 0 fully saturated rings. The number of fused-ring (bicyclic) bond motifs is 2. The van der Waals surface area contributed by atoms with Crippen LogP contribution in [0.15, 0.2) is 24.3 Å². The van der Waals surface area contributed by atoms with Crippen molar-refractivity contribution >= 4 is 10.8 Å². The van der Waals surface area contributed by atoms with Gasteiger partial charge < -0.3 is 10.2 Å². The van der Waals surface area contributed by atoms with E-state index in [9.17, 15) is 10.2 Å². The molecule has 0 aliphatic heterocycles. The SMILES string of the molecule is CCCCCCCCC1CCc2c(c(O)c3ccccc3c2O)C1. The van der Waals surface area contributed by atoms with Crippen molar-refractivity contribution in [2.45, 2.75) is 71.1 Å². The van der Waals surface area contributed by atoms with Gasteiger partial charge in [0.15, 0.2) is 0 Å². The molecule has 1 aliphatic rings. The van der Waals surface area contributed by atoms with Crippen molar-refractivity contribution in [1.29, 1.82) is 0 Å².